The molecule has 4 nitrogen and oxygen atoms in total. The van der Waals surface area contributed by atoms with Crippen molar-refractivity contribution in [3.05, 3.63) is 17.3 Å². The summed E-state index contributed by atoms with van der Waals surface area (Å²) >= 11 is 6.95. The van der Waals surface area contributed by atoms with Crippen LogP contribution in [0.4, 0.5) is 5.69 Å². The molecule has 0 aliphatic heterocycles. The number of rotatable bonds is 4. The zero-order valence-electron chi connectivity index (χ0n) is 7.24. The maximum atomic E-state index is 10.3. The molecule has 0 aliphatic carbocycles. The summed E-state index contributed by atoms with van der Waals surface area (Å²) in [6, 6.07) is 3.25. The molecule has 0 atom stereocenters. The van der Waals surface area contributed by atoms with E-state index in [2.05, 4.69) is 4.98 Å². The van der Waals surface area contributed by atoms with E-state index in [1.54, 1.807) is 12.1 Å². The van der Waals surface area contributed by atoms with Crippen molar-refractivity contribution in [2.45, 2.75) is 11.4 Å². The van der Waals surface area contributed by atoms with Gasteiger partial charge in [-0.15, -0.1) is 11.8 Å². The second-order valence-electron chi connectivity index (χ2n) is 2.52. The van der Waals surface area contributed by atoms with Crippen molar-refractivity contribution in [3.63, 3.8) is 0 Å². The van der Waals surface area contributed by atoms with Gasteiger partial charge in [0.2, 0.25) is 0 Å². The molecule has 0 fully saturated rings. The standard InChI is InChI=1S/C8H9ClN2O2S/c9-6-2-1-5(10)8(11-6)14-4-3-7(12)13/h1-2H,3-4,10H2,(H,12,13). The average molecular weight is 233 g/mol. The van der Waals surface area contributed by atoms with Gasteiger partial charge in [0, 0.05) is 5.75 Å². The van der Waals surface area contributed by atoms with Crippen molar-refractivity contribution in [2.75, 3.05) is 11.5 Å². The first-order valence-electron chi connectivity index (χ1n) is 3.86. The summed E-state index contributed by atoms with van der Waals surface area (Å²) in [4.78, 5) is 14.2. The van der Waals surface area contributed by atoms with Crippen LogP contribution in [0.5, 0.6) is 0 Å². The van der Waals surface area contributed by atoms with Gasteiger partial charge in [-0.2, -0.15) is 0 Å². The van der Waals surface area contributed by atoms with Crippen LogP contribution in [0.25, 0.3) is 0 Å². The average Bonchev–Trinajstić information content (AvgIpc) is 2.10. The van der Waals surface area contributed by atoms with Crippen LogP contribution >= 0.6 is 23.4 Å². The lowest BCUT2D eigenvalue weighted by molar-refractivity contribution is -0.136. The Kier molecular flexibility index (Phi) is 4.03. The number of halogens is 1. The number of carboxylic acid groups (broad SMARTS) is 1. The van der Waals surface area contributed by atoms with E-state index in [0.29, 0.717) is 21.6 Å². The van der Waals surface area contributed by atoms with Gasteiger partial charge in [0.25, 0.3) is 0 Å². The van der Waals surface area contributed by atoms with Crippen molar-refractivity contribution in [1.29, 1.82) is 0 Å². The first-order valence-corrected chi connectivity index (χ1v) is 5.22. The molecule has 0 amide bonds. The van der Waals surface area contributed by atoms with Crippen molar-refractivity contribution >= 4 is 35.0 Å². The third kappa shape index (κ3) is 3.43. The minimum absolute atomic E-state index is 0.0816. The molecule has 1 heterocycles. The van der Waals surface area contributed by atoms with E-state index in [-0.39, 0.29) is 6.42 Å². The van der Waals surface area contributed by atoms with Crippen LogP contribution in [0.1, 0.15) is 6.42 Å². The van der Waals surface area contributed by atoms with E-state index < -0.39 is 5.97 Å². The largest absolute Gasteiger partial charge is 0.481 e. The third-order valence-corrected chi connectivity index (χ3v) is 2.63. The van der Waals surface area contributed by atoms with Crippen LogP contribution in [0, 0.1) is 0 Å². The second kappa shape index (κ2) is 5.07. The van der Waals surface area contributed by atoms with Gasteiger partial charge in [-0.05, 0) is 12.1 Å². The number of aromatic nitrogens is 1. The van der Waals surface area contributed by atoms with Gasteiger partial charge >= 0.3 is 5.97 Å². The van der Waals surface area contributed by atoms with Crippen LogP contribution in [0.3, 0.4) is 0 Å². The Bertz CT molecular complexity index is 346. The van der Waals surface area contributed by atoms with Crippen molar-refractivity contribution in [1.82, 2.24) is 4.98 Å². The fraction of sp³-hybridized carbons (Fsp3) is 0.250. The number of nitrogen functional groups attached to an aromatic ring is 1. The lowest BCUT2D eigenvalue weighted by atomic mass is 10.4. The molecule has 0 radical (unpaired) electrons. The van der Waals surface area contributed by atoms with Gasteiger partial charge in [-0.3, -0.25) is 4.79 Å². The highest BCUT2D eigenvalue weighted by atomic mass is 35.5. The minimum Gasteiger partial charge on any atom is -0.481 e. The molecular formula is C8H9ClN2O2S. The molecule has 1 rings (SSSR count). The van der Waals surface area contributed by atoms with Gasteiger partial charge in [-0.1, -0.05) is 11.6 Å². The maximum absolute atomic E-state index is 10.3. The molecule has 0 aromatic carbocycles. The molecule has 3 N–H and O–H groups in total. The van der Waals surface area contributed by atoms with E-state index in [0.717, 1.165) is 0 Å². The first kappa shape index (κ1) is 11.1. The van der Waals surface area contributed by atoms with Crippen LogP contribution in [0.15, 0.2) is 17.2 Å². The van der Waals surface area contributed by atoms with Gasteiger partial charge in [0.1, 0.15) is 10.2 Å². The fourth-order valence-corrected chi connectivity index (χ4v) is 1.84. The number of nitrogens with zero attached hydrogens (tertiary/aromatic N) is 1. The van der Waals surface area contributed by atoms with Crippen molar-refractivity contribution < 1.29 is 9.90 Å². The smallest absolute Gasteiger partial charge is 0.304 e. The number of carboxylic acids is 1. The predicted octanol–water partition coefficient (Wildman–Crippen LogP) is 1.88. The number of nitrogens with two attached hydrogens (primary N) is 1. The van der Waals surface area contributed by atoms with E-state index in [9.17, 15) is 4.79 Å². The van der Waals surface area contributed by atoms with Crippen LogP contribution in [-0.2, 0) is 4.79 Å². The number of carbonyl (C=O) groups is 1. The summed E-state index contributed by atoms with van der Waals surface area (Å²) in [5, 5.41) is 9.36. The topological polar surface area (TPSA) is 76.2 Å². The summed E-state index contributed by atoms with van der Waals surface area (Å²) < 4.78 is 0. The van der Waals surface area contributed by atoms with Gasteiger partial charge in [0.05, 0.1) is 12.1 Å². The Balaban J connectivity index is 2.57. The zero-order chi connectivity index (χ0) is 10.6. The van der Waals surface area contributed by atoms with Crippen molar-refractivity contribution in [3.8, 4) is 0 Å². The second-order valence-corrected chi connectivity index (χ2v) is 3.99. The number of aliphatic carboxylic acids is 1. The van der Waals surface area contributed by atoms with E-state index in [1.165, 1.54) is 11.8 Å². The van der Waals surface area contributed by atoms with Crippen molar-refractivity contribution in [2.24, 2.45) is 0 Å². The molecule has 0 bridgehead atoms. The van der Waals surface area contributed by atoms with Gasteiger partial charge in [0.15, 0.2) is 0 Å². The Morgan fingerprint density at radius 2 is 2.36 bits per heavy atom. The third-order valence-electron chi connectivity index (χ3n) is 1.41. The lowest BCUT2D eigenvalue weighted by Gasteiger charge is -2.02. The molecular weight excluding hydrogens is 224 g/mol. The number of hydrogen-bond donors (Lipinski definition) is 2. The number of anilines is 1. The molecule has 0 unspecified atom stereocenters. The maximum Gasteiger partial charge on any atom is 0.304 e. The highest BCUT2D eigenvalue weighted by Gasteiger charge is 2.04. The van der Waals surface area contributed by atoms with E-state index in [4.69, 9.17) is 22.4 Å². The Hall–Kier alpha value is -0.940. The summed E-state index contributed by atoms with van der Waals surface area (Å²) in [6.07, 6.45) is 0.0816. The molecule has 14 heavy (non-hydrogen) atoms. The molecule has 0 spiro atoms. The van der Waals surface area contributed by atoms with Crippen LogP contribution in [0.2, 0.25) is 5.15 Å². The Morgan fingerprint density at radius 3 is 3.00 bits per heavy atom. The normalized spacial score (nSPS) is 10.1. The van der Waals surface area contributed by atoms with Crippen LogP contribution in [-0.4, -0.2) is 21.8 Å². The molecule has 0 saturated carbocycles. The van der Waals surface area contributed by atoms with Crippen LogP contribution < -0.4 is 5.73 Å². The lowest BCUT2D eigenvalue weighted by Crippen LogP contribution is -1.98. The molecule has 6 heteroatoms. The first-order chi connectivity index (χ1) is 6.59. The summed E-state index contributed by atoms with van der Waals surface area (Å²) in [7, 11) is 0. The number of thioether (sulfide) groups is 1. The summed E-state index contributed by atoms with van der Waals surface area (Å²) in [6.45, 7) is 0. The predicted molar refractivity (Wildman–Crippen MR) is 56.6 cm³/mol. The molecule has 1 aromatic heterocycles. The van der Waals surface area contributed by atoms with E-state index >= 15 is 0 Å². The molecule has 76 valence electrons. The molecule has 0 saturated heterocycles. The highest BCUT2D eigenvalue weighted by molar-refractivity contribution is 7.99. The Labute approximate surface area is 90.5 Å². The fourth-order valence-electron chi connectivity index (χ4n) is 0.779. The quantitative estimate of drug-likeness (QED) is 0.612. The molecule has 1 aromatic rings. The van der Waals surface area contributed by atoms with Gasteiger partial charge in [-0.25, -0.2) is 4.98 Å². The minimum atomic E-state index is -0.835. The summed E-state index contributed by atoms with van der Waals surface area (Å²) in [5.74, 6) is -0.398. The Morgan fingerprint density at radius 1 is 1.64 bits per heavy atom. The monoisotopic (exact) mass is 232 g/mol. The number of pyridine rings is 1. The molecule has 0 aliphatic rings. The number of hydrogen-bond acceptors (Lipinski definition) is 4. The van der Waals surface area contributed by atoms with Gasteiger partial charge < -0.3 is 10.8 Å². The highest BCUT2D eigenvalue weighted by Crippen LogP contribution is 2.24. The van der Waals surface area contributed by atoms with E-state index in [1.807, 2.05) is 0 Å². The zero-order valence-corrected chi connectivity index (χ0v) is 8.81. The SMILES string of the molecule is Nc1ccc(Cl)nc1SCCC(=O)O. The summed E-state index contributed by atoms with van der Waals surface area (Å²) in [5.41, 5.74) is 6.14.